The monoisotopic (exact) mass is 399 g/mol. The van der Waals surface area contributed by atoms with E-state index >= 15 is 0 Å². The second kappa shape index (κ2) is 5.88. The van der Waals surface area contributed by atoms with Crippen molar-refractivity contribution >= 4 is 56.2 Å². The molecule has 0 saturated heterocycles. The minimum Gasteiger partial charge on any atom is -0.317 e. The van der Waals surface area contributed by atoms with Gasteiger partial charge in [0.15, 0.2) is 11.0 Å². The summed E-state index contributed by atoms with van der Waals surface area (Å²) in [6, 6.07) is 11.6. The lowest BCUT2D eigenvalue weighted by molar-refractivity contribution is -0.114. The molecule has 0 aliphatic carbocycles. The highest BCUT2D eigenvalue weighted by Gasteiger charge is 2.32. The summed E-state index contributed by atoms with van der Waals surface area (Å²) >= 11 is 4.65. The van der Waals surface area contributed by atoms with E-state index in [1.54, 1.807) is 11.6 Å². The van der Waals surface area contributed by atoms with E-state index in [0.29, 0.717) is 5.17 Å². The fourth-order valence-corrected chi connectivity index (χ4v) is 3.31. The van der Waals surface area contributed by atoms with Gasteiger partial charge in [-0.15, -0.1) is 0 Å². The molecule has 0 spiro atoms. The van der Waals surface area contributed by atoms with Gasteiger partial charge in [0.1, 0.15) is 0 Å². The van der Waals surface area contributed by atoms with Crippen LogP contribution in [0.4, 0.5) is 0 Å². The smallest absolute Gasteiger partial charge is 0.283 e. The maximum atomic E-state index is 12.3. The van der Waals surface area contributed by atoms with Crippen LogP contribution in [0, 0.1) is 5.41 Å². The molecule has 1 aromatic carbocycles. The Morgan fingerprint density at radius 3 is 2.79 bits per heavy atom. The van der Waals surface area contributed by atoms with E-state index in [4.69, 9.17) is 5.41 Å². The van der Waals surface area contributed by atoms with Gasteiger partial charge in [0.2, 0.25) is 0 Å². The lowest BCUT2D eigenvalue weighted by Crippen LogP contribution is -2.35. The molecular weight excluding hydrogens is 390 g/mol. The highest BCUT2D eigenvalue weighted by molar-refractivity contribution is 9.10. The Morgan fingerprint density at radius 1 is 1.21 bits per heavy atom. The van der Waals surface area contributed by atoms with Gasteiger partial charge >= 0.3 is 0 Å². The van der Waals surface area contributed by atoms with Crippen molar-refractivity contribution < 1.29 is 4.79 Å². The summed E-state index contributed by atoms with van der Waals surface area (Å²) in [5.74, 6) is -0.386. The average molecular weight is 400 g/mol. The summed E-state index contributed by atoms with van der Waals surface area (Å²) in [5.41, 5.74) is 3.54. The van der Waals surface area contributed by atoms with Crippen molar-refractivity contribution in [2.45, 2.75) is 0 Å². The highest BCUT2D eigenvalue weighted by Crippen LogP contribution is 2.25. The summed E-state index contributed by atoms with van der Waals surface area (Å²) in [6.45, 7) is 0. The number of fused-ring (bicyclic) bond motifs is 1. The molecule has 2 aliphatic heterocycles. The van der Waals surface area contributed by atoms with E-state index in [0.717, 1.165) is 15.9 Å². The van der Waals surface area contributed by atoms with E-state index in [1.165, 1.54) is 16.8 Å². The van der Waals surface area contributed by atoms with Crippen molar-refractivity contribution in [1.82, 2.24) is 9.58 Å². The number of carbonyl (C=O) groups is 1. The molecule has 1 aromatic heterocycles. The minimum atomic E-state index is -0.423. The van der Waals surface area contributed by atoms with Gasteiger partial charge in [0, 0.05) is 22.1 Å². The fourth-order valence-electron chi connectivity index (χ4n) is 2.43. The lowest BCUT2D eigenvalue weighted by atomic mass is 10.1. The van der Waals surface area contributed by atoms with E-state index in [1.807, 2.05) is 47.2 Å². The Kier molecular flexibility index (Phi) is 3.70. The van der Waals surface area contributed by atoms with Crippen molar-refractivity contribution in [3.8, 4) is 5.69 Å². The number of benzene rings is 1. The van der Waals surface area contributed by atoms with Crippen LogP contribution < -0.4 is 0 Å². The predicted molar refractivity (Wildman–Crippen MR) is 99.5 cm³/mol. The zero-order valence-corrected chi connectivity index (χ0v) is 14.6. The summed E-state index contributed by atoms with van der Waals surface area (Å²) in [4.78, 5) is 16.2. The summed E-state index contributed by atoms with van der Waals surface area (Å²) in [6.07, 6.45) is 3.58. The zero-order valence-electron chi connectivity index (χ0n) is 12.2. The van der Waals surface area contributed by atoms with Gasteiger partial charge in [0.25, 0.3) is 5.91 Å². The number of nitrogens with one attached hydrogen (secondary N) is 1. The minimum absolute atomic E-state index is 0.0369. The zero-order chi connectivity index (χ0) is 16.7. The van der Waals surface area contributed by atoms with Crippen LogP contribution in [0.3, 0.4) is 0 Å². The van der Waals surface area contributed by atoms with Crippen molar-refractivity contribution in [2.24, 2.45) is 10.1 Å². The Labute approximate surface area is 150 Å². The number of carbonyl (C=O) groups excluding carboxylic acids is 1. The average Bonchev–Trinajstić information content (AvgIpc) is 3.21. The van der Waals surface area contributed by atoms with Crippen LogP contribution in [0.25, 0.3) is 11.8 Å². The molecule has 3 heterocycles. The summed E-state index contributed by atoms with van der Waals surface area (Å²) < 4.78 is 2.94. The molecule has 0 saturated carbocycles. The number of hydrogen-bond donors (Lipinski definition) is 1. The molecular formula is C16H10BrN5OS. The van der Waals surface area contributed by atoms with E-state index < -0.39 is 5.91 Å². The van der Waals surface area contributed by atoms with Gasteiger partial charge in [-0.25, -0.2) is 0 Å². The van der Waals surface area contributed by atoms with Crippen molar-refractivity contribution in [2.75, 3.05) is 0 Å². The molecule has 1 amide bonds. The molecule has 2 aromatic rings. The first-order valence-corrected chi connectivity index (χ1v) is 8.67. The molecule has 118 valence electrons. The number of rotatable bonds is 2. The standard InChI is InChI=1S/C16H10BrN5OS/c17-10-3-5-11(6-4-10)21-7-1-2-12(21)8-13-14(18)22-16(20-15(13)23)24-9-19-22/h1-9,18H/b13-8+,18-14?. The molecule has 0 atom stereocenters. The number of nitrogens with zero attached hydrogens (tertiary/aromatic N) is 4. The maximum Gasteiger partial charge on any atom is 0.283 e. The van der Waals surface area contributed by atoms with Crippen molar-refractivity contribution in [3.63, 3.8) is 0 Å². The third-order valence-electron chi connectivity index (χ3n) is 3.57. The Bertz CT molecular complexity index is 942. The number of hydrogen-bond acceptors (Lipinski definition) is 4. The normalized spacial score (nSPS) is 18.3. The topological polar surface area (TPSA) is 73.8 Å². The Balaban J connectivity index is 1.76. The van der Waals surface area contributed by atoms with Crippen LogP contribution in [0.15, 0.2) is 62.7 Å². The fraction of sp³-hybridized carbons (Fsp3) is 0. The first kappa shape index (κ1) is 15.1. The molecule has 0 fully saturated rings. The van der Waals surface area contributed by atoms with Gasteiger partial charge in [-0.3, -0.25) is 10.2 Å². The first-order chi connectivity index (χ1) is 11.6. The number of amides is 1. The summed E-state index contributed by atoms with van der Waals surface area (Å²) in [5, 5.41) is 14.1. The number of aromatic nitrogens is 1. The molecule has 2 aliphatic rings. The first-order valence-electron chi connectivity index (χ1n) is 7.00. The van der Waals surface area contributed by atoms with Crippen LogP contribution in [0.5, 0.6) is 0 Å². The van der Waals surface area contributed by atoms with Crippen LogP contribution in [-0.2, 0) is 4.79 Å². The molecule has 0 radical (unpaired) electrons. The van der Waals surface area contributed by atoms with Gasteiger partial charge in [-0.1, -0.05) is 15.9 Å². The van der Waals surface area contributed by atoms with Gasteiger partial charge < -0.3 is 4.57 Å². The molecule has 24 heavy (non-hydrogen) atoms. The number of hydrazone groups is 1. The molecule has 0 unspecified atom stereocenters. The molecule has 1 N–H and O–H groups in total. The number of aliphatic imine (C=N–C) groups is 1. The van der Waals surface area contributed by atoms with Gasteiger partial charge in [-0.05, 0) is 54.2 Å². The van der Waals surface area contributed by atoms with Crippen LogP contribution >= 0.6 is 27.7 Å². The lowest BCUT2D eigenvalue weighted by Gasteiger charge is -2.20. The van der Waals surface area contributed by atoms with E-state index in [9.17, 15) is 4.79 Å². The van der Waals surface area contributed by atoms with Crippen LogP contribution in [0.2, 0.25) is 0 Å². The van der Waals surface area contributed by atoms with E-state index in [-0.39, 0.29) is 11.4 Å². The second-order valence-corrected chi connectivity index (χ2v) is 6.76. The van der Waals surface area contributed by atoms with Crippen LogP contribution in [0.1, 0.15) is 5.69 Å². The SMILES string of the molecule is N=C1/C(=C\c2cccn2-c2ccc(Br)cc2)C(=O)N=C2SC=NN12. The highest BCUT2D eigenvalue weighted by atomic mass is 79.9. The van der Waals surface area contributed by atoms with Crippen molar-refractivity contribution in [3.05, 3.63) is 58.3 Å². The number of amidine groups is 2. The van der Waals surface area contributed by atoms with Gasteiger partial charge in [-0.2, -0.15) is 15.1 Å². The third kappa shape index (κ3) is 2.53. The summed E-state index contributed by atoms with van der Waals surface area (Å²) in [7, 11) is 0. The van der Waals surface area contributed by atoms with Crippen molar-refractivity contribution in [1.29, 1.82) is 5.41 Å². The number of thioether (sulfide) groups is 1. The van der Waals surface area contributed by atoms with Gasteiger partial charge in [0.05, 0.1) is 11.1 Å². The Morgan fingerprint density at radius 2 is 2.00 bits per heavy atom. The quantitative estimate of drug-likeness (QED) is 0.785. The van der Waals surface area contributed by atoms with Crippen LogP contribution in [-0.4, -0.2) is 32.0 Å². The molecule has 8 heteroatoms. The second-order valence-electron chi connectivity index (χ2n) is 5.04. The molecule has 0 bridgehead atoms. The van der Waals surface area contributed by atoms with E-state index in [2.05, 4.69) is 26.0 Å². The molecule has 4 rings (SSSR count). The molecule has 6 nitrogen and oxygen atoms in total. The maximum absolute atomic E-state index is 12.3. The Hall–Kier alpha value is -2.45. The third-order valence-corrected chi connectivity index (χ3v) is 4.78. The predicted octanol–water partition coefficient (Wildman–Crippen LogP) is 3.49. The largest absolute Gasteiger partial charge is 0.317 e. The number of halogens is 1.